The molecule has 0 bridgehead atoms. The summed E-state index contributed by atoms with van der Waals surface area (Å²) in [7, 11) is 0. The Morgan fingerprint density at radius 1 is 1.06 bits per heavy atom. The Morgan fingerprint density at radius 3 is 2.68 bits per heavy atom. The summed E-state index contributed by atoms with van der Waals surface area (Å²) < 4.78 is 17.3. The quantitative estimate of drug-likeness (QED) is 0.489. The zero-order valence-electron chi connectivity index (χ0n) is 18.1. The lowest BCUT2D eigenvalue weighted by Crippen LogP contribution is -2.64. The van der Waals surface area contributed by atoms with Crippen LogP contribution < -0.4 is 5.32 Å². The summed E-state index contributed by atoms with van der Waals surface area (Å²) in [4.78, 5) is 4.09. The number of benzene rings is 1. The highest BCUT2D eigenvalue weighted by molar-refractivity contribution is 5.90. The van der Waals surface area contributed by atoms with Crippen LogP contribution in [0, 0.1) is 0 Å². The molecular formula is C24H26FN5O. The molecule has 0 radical (unpaired) electrons. The number of halogens is 1. The molecule has 2 N–H and O–H groups in total. The molecule has 0 amide bonds. The number of pyridine rings is 1. The number of piperidine rings is 1. The molecule has 0 spiro atoms. The van der Waals surface area contributed by atoms with E-state index in [4.69, 9.17) is 0 Å². The first-order valence-electron chi connectivity index (χ1n) is 10.5. The maximum atomic E-state index is 15.4. The third kappa shape index (κ3) is 3.33. The number of phenols is 1. The van der Waals surface area contributed by atoms with Crippen LogP contribution >= 0.6 is 0 Å². The first kappa shape index (κ1) is 19.9. The minimum absolute atomic E-state index is 0.124. The second kappa shape index (κ2) is 6.72. The molecule has 0 aliphatic carbocycles. The molecule has 6 nitrogen and oxygen atoms in total. The summed E-state index contributed by atoms with van der Waals surface area (Å²) in [5, 5.41) is 25.5. The highest BCUT2D eigenvalue weighted by Crippen LogP contribution is 2.40. The number of nitrogens with one attached hydrogen (secondary N) is 1. The summed E-state index contributed by atoms with van der Waals surface area (Å²) in [5.74, 6) is 0.124. The number of aromatic hydroxyl groups is 1. The van der Waals surface area contributed by atoms with Gasteiger partial charge < -0.3 is 15.0 Å². The summed E-state index contributed by atoms with van der Waals surface area (Å²) in [6, 6.07) is 8.94. The average Bonchev–Trinajstić information content (AvgIpc) is 3.12. The van der Waals surface area contributed by atoms with Crippen molar-refractivity contribution in [3.05, 3.63) is 48.9 Å². The van der Waals surface area contributed by atoms with Gasteiger partial charge in [0.25, 0.3) is 0 Å². The Morgan fingerprint density at radius 2 is 1.87 bits per heavy atom. The van der Waals surface area contributed by atoms with Crippen molar-refractivity contribution in [1.29, 1.82) is 0 Å². The van der Waals surface area contributed by atoms with Gasteiger partial charge >= 0.3 is 0 Å². The summed E-state index contributed by atoms with van der Waals surface area (Å²) in [6.45, 7) is 8.00. The van der Waals surface area contributed by atoms with Gasteiger partial charge in [-0.25, -0.2) is 4.39 Å². The van der Waals surface area contributed by atoms with E-state index in [2.05, 4.69) is 34.3 Å². The van der Waals surface area contributed by atoms with Crippen molar-refractivity contribution in [2.24, 2.45) is 0 Å². The number of alkyl halides is 1. The lowest BCUT2D eigenvalue weighted by molar-refractivity contribution is 0.0313. The highest BCUT2D eigenvalue weighted by atomic mass is 19.1. The number of phenolic OH excluding ortho intramolecular Hbond substituents is 1. The third-order valence-corrected chi connectivity index (χ3v) is 6.26. The second-order valence-electron chi connectivity index (χ2n) is 9.73. The van der Waals surface area contributed by atoms with Crippen molar-refractivity contribution in [2.75, 3.05) is 0 Å². The fraction of sp³-hybridized carbons (Fsp3) is 0.375. The maximum Gasteiger partial charge on any atom is 0.162 e. The van der Waals surface area contributed by atoms with Crippen LogP contribution in [0.5, 0.6) is 5.75 Å². The fourth-order valence-corrected chi connectivity index (χ4v) is 5.02. The molecule has 2 atom stereocenters. The first-order chi connectivity index (χ1) is 14.6. The third-order valence-electron chi connectivity index (χ3n) is 6.26. The van der Waals surface area contributed by atoms with E-state index in [9.17, 15) is 5.11 Å². The number of rotatable bonds is 2. The zero-order chi connectivity index (χ0) is 22.0. The van der Waals surface area contributed by atoms with Gasteiger partial charge in [-0.3, -0.25) is 4.98 Å². The van der Waals surface area contributed by atoms with Crippen molar-refractivity contribution < 1.29 is 9.50 Å². The summed E-state index contributed by atoms with van der Waals surface area (Å²) >= 11 is 0. The van der Waals surface area contributed by atoms with Crippen LogP contribution in [0.15, 0.2) is 48.9 Å². The van der Waals surface area contributed by atoms with Crippen LogP contribution in [0.1, 0.15) is 40.2 Å². The van der Waals surface area contributed by atoms with E-state index in [1.165, 1.54) is 0 Å². The van der Waals surface area contributed by atoms with Gasteiger partial charge in [-0.15, -0.1) is 10.2 Å². The van der Waals surface area contributed by atoms with Gasteiger partial charge in [0.05, 0.1) is 11.7 Å². The van der Waals surface area contributed by atoms with Crippen LogP contribution in [0.2, 0.25) is 0 Å². The van der Waals surface area contributed by atoms with Crippen LogP contribution in [-0.4, -0.2) is 42.1 Å². The predicted octanol–water partition coefficient (Wildman–Crippen LogP) is 4.78. The lowest BCUT2D eigenvalue weighted by Gasteiger charge is -2.49. The van der Waals surface area contributed by atoms with Crippen molar-refractivity contribution >= 4 is 21.8 Å². The molecule has 3 aromatic heterocycles. The Balaban J connectivity index is 1.58. The molecule has 1 aliphatic heterocycles. The minimum atomic E-state index is -1.07. The predicted molar refractivity (Wildman–Crippen MR) is 120 cm³/mol. The Labute approximate surface area is 180 Å². The van der Waals surface area contributed by atoms with E-state index >= 15 is 4.39 Å². The van der Waals surface area contributed by atoms with E-state index in [1.54, 1.807) is 18.5 Å². The monoisotopic (exact) mass is 419 g/mol. The minimum Gasteiger partial charge on any atom is -0.507 e. The molecule has 5 rings (SSSR count). The van der Waals surface area contributed by atoms with Crippen LogP contribution in [-0.2, 0) is 0 Å². The number of hydrogen-bond donors (Lipinski definition) is 2. The normalized spacial score (nSPS) is 22.7. The van der Waals surface area contributed by atoms with Gasteiger partial charge in [0.2, 0.25) is 0 Å². The van der Waals surface area contributed by atoms with Gasteiger partial charge in [0.1, 0.15) is 11.9 Å². The standard InChI is InChI=1S/C24H26FN5O/c1-23(2)12-19(21(25)24(3,4)29-23)30-8-6-15-10-18(27-28-22(15)30)17-9-14-5-7-26-13-16(14)11-20(17)31/h5-11,13,19,21,29,31H,12H2,1-4H3/t19-,21-/m0/s1. The lowest BCUT2D eigenvalue weighted by atomic mass is 9.78. The van der Waals surface area contributed by atoms with Gasteiger partial charge in [0, 0.05) is 46.0 Å². The molecule has 160 valence electrons. The topological polar surface area (TPSA) is 75.9 Å². The maximum absolute atomic E-state index is 15.4. The molecule has 4 heterocycles. The average molecular weight is 420 g/mol. The van der Waals surface area contributed by atoms with E-state index in [0.29, 0.717) is 23.3 Å². The van der Waals surface area contributed by atoms with Crippen LogP contribution in [0.25, 0.3) is 33.1 Å². The largest absolute Gasteiger partial charge is 0.507 e. The number of aromatic nitrogens is 4. The number of nitrogens with zero attached hydrogens (tertiary/aromatic N) is 4. The Hall–Kier alpha value is -3.06. The van der Waals surface area contributed by atoms with Crippen molar-refractivity contribution in [3.8, 4) is 17.0 Å². The molecule has 0 saturated carbocycles. The molecule has 0 unspecified atom stereocenters. The zero-order valence-corrected chi connectivity index (χ0v) is 18.1. The molecule has 1 fully saturated rings. The van der Waals surface area contributed by atoms with Crippen LogP contribution in [0.4, 0.5) is 4.39 Å². The van der Waals surface area contributed by atoms with E-state index < -0.39 is 11.7 Å². The molecular weight excluding hydrogens is 393 g/mol. The summed E-state index contributed by atoms with van der Waals surface area (Å²) in [5.41, 5.74) is 0.973. The summed E-state index contributed by atoms with van der Waals surface area (Å²) in [6.07, 6.45) is 4.89. The SMILES string of the molecule is CC1(C)C[C@H](n2ccc3cc(-c4cc5ccncc5cc4O)nnc32)[C@H](F)C(C)(C)N1. The molecule has 1 aliphatic rings. The number of hydrogen-bond acceptors (Lipinski definition) is 5. The second-order valence-corrected chi connectivity index (χ2v) is 9.73. The molecule has 1 aromatic carbocycles. The Kier molecular flexibility index (Phi) is 4.31. The van der Waals surface area contributed by atoms with Gasteiger partial charge in [-0.1, -0.05) is 0 Å². The van der Waals surface area contributed by atoms with Gasteiger partial charge in [-0.2, -0.15) is 0 Å². The Bertz CT molecular complexity index is 1300. The van der Waals surface area contributed by atoms with Gasteiger partial charge in [-0.05, 0) is 69.8 Å². The van der Waals surface area contributed by atoms with Crippen molar-refractivity contribution in [3.63, 3.8) is 0 Å². The highest BCUT2D eigenvalue weighted by Gasteiger charge is 2.47. The van der Waals surface area contributed by atoms with Gasteiger partial charge in [0.15, 0.2) is 5.65 Å². The molecule has 1 saturated heterocycles. The molecule has 31 heavy (non-hydrogen) atoms. The smallest absolute Gasteiger partial charge is 0.162 e. The van der Waals surface area contributed by atoms with E-state index in [-0.39, 0.29) is 17.3 Å². The van der Waals surface area contributed by atoms with Crippen molar-refractivity contribution in [2.45, 2.75) is 57.4 Å². The fourth-order valence-electron chi connectivity index (χ4n) is 5.02. The first-order valence-corrected chi connectivity index (χ1v) is 10.5. The van der Waals surface area contributed by atoms with E-state index in [1.807, 2.05) is 48.9 Å². The number of fused-ring (bicyclic) bond motifs is 2. The van der Waals surface area contributed by atoms with Crippen molar-refractivity contribution in [1.82, 2.24) is 25.1 Å². The van der Waals surface area contributed by atoms with E-state index in [0.717, 1.165) is 16.2 Å². The molecule has 4 aromatic rings. The molecule has 7 heteroatoms. The van der Waals surface area contributed by atoms with Crippen LogP contribution in [0.3, 0.4) is 0 Å².